The molecule has 3 rings (SSSR count). The van der Waals surface area contributed by atoms with Crippen LogP contribution < -0.4 is 14.8 Å². The van der Waals surface area contributed by atoms with Crippen LogP contribution in [0.1, 0.15) is 6.92 Å². The molecule has 29 heavy (non-hydrogen) atoms. The van der Waals surface area contributed by atoms with Crippen LogP contribution in [0.15, 0.2) is 47.6 Å². The second-order valence-corrected chi connectivity index (χ2v) is 6.91. The van der Waals surface area contributed by atoms with Crippen molar-refractivity contribution in [3.63, 3.8) is 0 Å². The van der Waals surface area contributed by atoms with Crippen molar-refractivity contribution < 1.29 is 18.7 Å². The fourth-order valence-corrected chi connectivity index (χ4v) is 3.53. The molecule has 1 N–H and O–H groups in total. The molecule has 0 aliphatic heterocycles. The SMILES string of the molecule is CCn1c(SCC(=O)Nc2ccc(F)cc2)nnc1-c1ccc(OC)c(OC)c1. The molecule has 0 saturated heterocycles. The number of halogens is 1. The van der Waals surface area contributed by atoms with E-state index >= 15 is 0 Å². The van der Waals surface area contributed by atoms with Crippen LogP contribution in [0.4, 0.5) is 10.1 Å². The molecule has 0 fully saturated rings. The van der Waals surface area contributed by atoms with Gasteiger partial charge in [-0.1, -0.05) is 11.8 Å². The van der Waals surface area contributed by atoms with Gasteiger partial charge < -0.3 is 19.4 Å². The third kappa shape index (κ3) is 4.86. The molecule has 0 radical (unpaired) electrons. The van der Waals surface area contributed by atoms with Gasteiger partial charge in [-0.2, -0.15) is 0 Å². The summed E-state index contributed by atoms with van der Waals surface area (Å²) < 4.78 is 25.5. The van der Waals surface area contributed by atoms with Gasteiger partial charge in [0.1, 0.15) is 5.82 Å². The first-order valence-corrected chi connectivity index (χ1v) is 9.88. The molecule has 0 unspecified atom stereocenters. The molecule has 152 valence electrons. The number of ether oxygens (including phenoxy) is 2. The maximum atomic E-state index is 13.0. The fraction of sp³-hybridized carbons (Fsp3) is 0.250. The van der Waals surface area contributed by atoms with Gasteiger partial charge in [-0.05, 0) is 49.4 Å². The number of rotatable bonds is 8. The number of thioether (sulfide) groups is 1. The average Bonchev–Trinajstić information content (AvgIpc) is 3.16. The summed E-state index contributed by atoms with van der Waals surface area (Å²) in [5, 5.41) is 11.9. The molecule has 1 aromatic heterocycles. The molecule has 1 amide bonds. The van der Waals surface area contributed by atoms with Crippen LogP contribution in [-0.2, 0) is 11.3 Å². The average molecular weight is 416 g/mol. The van der Waals surface area contributed by atoms with E-state index in [4.69, 9.17) is 9.47 Å². The molecule has 0 spiro atoms. The number of benzene rings is 2. The van der Waals surface area contributed by atoms with E-state index in [1.165, 1.54) is 36.0 Å². The molecular formula is C20H21FN4O3S. The Kier molecular flexibility index (Phi) is 6.71. The molecule has 9 heteroatoms. The van der Waals surface area contributed by atoms with Crippen LogP contribution in [0.3, 0.4) is 0 Å². The summed E-state index contributed by atoms with van der Waals surface area (Å²) in [4.78, 5) is 12.2. The third-order valence-electron chi connectivity index (χ3n) is 4.14. The summed E-state index contributed by atoms with van der Waals surface area (Å²) in [6.45, 7) is 2.62. The first kappa shape index (κ1) is 20.7. The van der Waals surface area contributed by atoms with E-state index in [-0.39, 0.29) is 17.5 Å². The van der Waals surface area contributed by atoms with Crippen LogP contribution in [0.25, 0.3) is 11.4 Å². The van der Waals surface area contributed by atoms with E-state index < -0.39 is 0 Å². The standard InChI is InChI=1S/C20H21FN4O3S/c1-4-25-19(13-5-10-16(27-2)17(11-13)28-3)23-24-20(25)29-12-18(26)22-15-8-6-14(21)7-9-15/h5-11H,4,12H2,1-3H3,(H,22,26). The Morgan fingerprint density at radius 3 is 2.48 bits per heavy atom. The first-order valence-electron chi connectivity index (χ1n) is 8.89. The van der Waals surface area contributed by atoms with E-state index in [1.54, 1.807) is 14.2 Å². The van der Waals surface area contributed by atoms with Crippen LogP contribution in [0.5, 0.6) is 11.5 Å². The van der Waals surface area contributed by atoms with Crippen molar-refractivity contribution in [2.45, 2.75) is 18.6 Å². The molecule has 1 heterocycles. The van der Waals surface area contributed by atoms with Crippen molar-refractivity contribution in [2.75, 3.05) is 25.3 Å². The smallest absolute Gasteiger partial charge is 0.234 e. The van der Waals surface area contributed by atoms with Crippen molar-refractivity contribution >= 4 is 23.4 Å². The molecule has 0 aliphatic rings. The molecule has 0 saturated carbocycles. The van der Waals surface area contributed by atoms with Gasteiger partial charge in [-0.15, -0.1) is 10.2 Å². The maximum absolute atomic E-state index is 13.0. The first-order chi connectivity index (χ1) is 14.0. The van der Waals surface area contributed by atoms with Crippen molar-refractivity contribution in [3.05, 3.63) is 48.3 Å². The summed E-state index contributed by atoms with van der Waals surface area (Å²) >= 11 is 1.28. The highest BCUT2D eigenvalue weighted by molar-refractivity contribution is 7.99. The number of hydrogen-bond donors (Lipinski definition) is 1. The zero-order valence-corrected chi connectivity index (χ0v) is 17.1. The molecule has 0 atom stereocenters. The number of anilines is 1. The Hall–Kier alpha value is -3.07. The minimum absolute atomic E-state index is 0.154. The summed E-state index contributed by atoms with van der Waals surface area (Å²) in [6.07, 6.45) is 0. The van der Waals surface area contributed by atoms with E-state index in [1.807, 2.05) is 29.7 Å². The van der Waals surface area contributed by atoms with Gasteiger partial charge >= 0.3 is 0 Å². The highest BCUT2D eigenvalue weighted by atomic mass is 32.2. The Bertz CT molecular complexity index is 992. The normalized spacial score (nSPS) is 10.6. The van der Waals surface area contributed by atoms with Gasteiger partial charge in [0.05, 0.1) is 20.0 Å². The maximum Gasteiger partial charge on any atom is 0.234 e. The summed E-state index contributed by atoms with van der Waals surface area (Å²) in [5.74, 6) is 1.50. The monoisotopic (exact) mass is 416 g/mol. The second kappa shape index (κ2) is 9.42. The van der Waals surface area contributed by atoms with Crippen LogP contribution in [0.2, 0.25) is 0 Å². The van der Waals surface area contributed by atoms with Gasteiger partial charge in [-0.25, -0.2) is 4.39 Å². The quantitative estimate of drug-likeness (QED) is 0.562. The van der Waals surface area contributed by atoms with Crippen molar-refractivity contribution in [1.29, 1.82) is 0 Å². The Balaban J connectivity index is 1.72. The number of carbonyl (C=O) groups is 1. The zero-order chi connectivity index (χ0) is 20.8. The molecule has 0 bridgehead atoms. The number of methoxy groups -OCH3 is 2. The third-order valence-corrected chi connectivity index (χ3v) is 5.10. The Labute approximate surface area is 172 Å². The summed E-state index contributed by atoms with van der Waals surface area (Å²) in [6, 6.07) is 11.2. The van der Waals surface area contributed by atoms with Gasteiger partial charge in [0.25, 0.3) is 0 Å². The number of nitrogens with one attached hydrogen (secondary N) is 1. The Morgan fingerprint density at radius 2 is 1.83 bits per heavy atom. The lowest BCUT2D eigenvalue weighted by Gasteiger charge is -2.11. The molecule has 0 aliphatic carbocycles. The van der Waals surface area contributed by atoms with Crippen molar-refractivity contribution in [3.8, 4) is 22.9 Å². The van der Waals surface area contributed by atoms with E-state index in [9.17, 15) is 9.18 Å². The predicted octanol–water partition coefficient (Wildman–Crippen LogP) is 3.85. The lowest BCUT2D eigenvalue weighted by atomic mass is 10.2. The summed E-state index contributed by atoms with van der Waals surface area (Å²) in [7, 11) is 3.16. The lowest BCUT2D eigenvalue weighted by Crippen LogP contribution is -2.14. The number of aromatic nitrogens is 3. The zero-order valence-electron chi connectivity index (χ0n) is 16.3. The van der Waals surface area contributed by atoms with E-state index in [2.05, 4.69) is 15.5 Å². The van der Waals surface area contributed by atoms with E-state index in [0.29, 0.717) is 34.7 Å². The largest absolute Gasteiger partial charge is 0.493 e. The lowest BCUT2D eigenvalue weighted by molar-refractivity contribution is -0.113. The highest BCUT2D eigenvalue weighted by Gasteiger charge is 2.16. The van der Waals surface area contributed by atoms with Gasteiger partial charge in [0.2, 0.25) is 5.91 Å². The number of amides is 1. The minimum atomic E-state index is -0.351. The molecular weight excluding hydrogens is 395 g/mol. The predicted molar refractivity (Wildman–Crippen MR) is 110 cm³/mol. The highest BCUT2D eigenvalue weighted by Crippen LogP contribution is 2.32. The number of hydrogen-bond acceptors (Lipinski definition) is 6. The molecule has 2 aromatic carbocycles. The number of carbonyl (C=O) groups excluding carboxylic acids is 1. The van der Waals surface area contributed by atoms with Crippen LogP contribution in [0, 0.1) is 5.82 Å². The molecule has 3 aromatic rings. The van der Waals surface area contributed by atoms with Crippen LogP contribution >= 0.6 is 11.8 Å². The van der Waals surface area contributed by atoms with Crippen molar-refractivity contribution in [2.24, 2.45) is 0 Å². The number of nitrogens with zero attached hydrogens (tertiary/aromatic N) is 3. The second-order valence-electron chi connectivity index (χ2n) is 5.96. The van der Waals surface area contributed by atoms with Gasteiger partial charge in [-0.3, -0.25) is 4.79 Å². The van der Waals surface area contributed by atoms with Gasteiger partial charge in [0, 0.05) is 17.8 Å². The van der Waals surface area contributed by atoms with Crippen molar-refractivity contribution in [1.82, 2.24) is 14.8 Å². The minimum Gasteiger partial charge on any atom is -0.493 e. The van der Waals surface area contributed by atoms with Crippen LogP contribution in [-0.4, -0.2) is 40.6 Å². The van der Waals surface area contributed by atoms with E-state index in [0.717, 1.165) is 5.56 Å². The molecule has 7 nitrogen and oxygen atoms in total. The Morgan fingerprint density at radius 1 is 1.10 bits per heavy atom. The summed E-state index contributed by atoms with van der Waals surface area (Å²) in [5.41, 5.74) is 1.37. The fourth-order valence-electron chi connectivity index (χ4n) is 2.73. The topological polar surface area (TPSA) is 78.3 Å². The van der Waals surface area contributed by atoms with Gasteiger partial charge in [0.15, 0.2) is 22.5 Å².